The molecule has 12 nitrogen and oxygen atoms in total. The van der Waals surface area contributed by atoms with Crippen LogP contribution in [-0.2, 0) is 9.47 Å². The van der Waals surface area contributed by atoms with Crippen LogP contribution in [0.1, 0.15) is 58.4 Å². The minimum atomic E-state index is -0.944. The number of terminal acetylenes is 1. The van der Waals surface area contributed by atoms with Gasteiger partial charge in [0.25, 0.3) is 0 Å². The molecule has 1 amide bonds. The third kappa shape index (κ3) is 6.03. The van der Waals surface area contributed by atoms with Crippen molar-refractivity contribution in [3.05, 3.63) is 41.7 Å². The van der Waals surface area contributed by atoms with Gasteiger partial charge in [0.2, 0.25) is 5.88 Å². The lowest BCUT2D eigenvalue weighted by Crippen LogP contribution is -2.63. The van der Waals surface area contributed by atoms with E-state index in [1.54, 1.807) is 12.1 Å². The number of pyridine rings is 1. The molecule has 2 aromatic heterocycles. The Labute approximate surface area is 318 Å². The summed E-state index contributed by atoms with van der Waals surface area (Å²) in [6.45, 7) is 7.40. The van der Waals surface area contributed by atoms with Crippen LogP contribution in [0.3, 0.4) is 0 Å². The second-order valence-electron chi connectivity index (χ2n) is 16.3. The molecule has 14 heteroatoms. The van der Waals surface area contributed by atoms with Gasteiger partial charge >= 0.3 is 12.1 Å². The largest absolute Gasteiger partial charge is 0.475 e. The van der Waals surface area contributed by atoms with Crippen LogP contribution in [0.4, 0.5) is 19.4 Å². The summed E-state index contributed by atoms with van der Waals surface area (Å²) in [6, 6.07) is 8.18. The number of halogens is 2. The highest BCUT2D eigenvalue weighted by Gasteiger charge is 2.52. The fourth-order valence-electron chi connectivity index (χ4n) is 9.47. The zero-order chi connectivity index (χ0) is 38.2. The van der Waals surface area contributed by atoms with E-state index in [0.29, 0.717) is 53.0 Å². The molecule has 0 spiro atoms. The maximum atomic E-state index is 17.5. The summed E-state index contributed by atoms with van der Waals surface area (Å²) < 4.78 is 62.1. The van der Waals surface area contributed by atoms with Crippen LogP contribution in [0.25, 0.3) is 32.9 Å². The van der Waals surface area contributed by atoms with E-state index < -0.39 is 23.1 Å². The Hall–Kier alpha value is -5.00. The molecule has 0 N–H and O–H groups in total. The van der Waals surface area contributed by atoms with Crippen LogP contribution in [0.5, 0.6) is 17.6 Å². The lowest BCUT2D eigenvalue weighted by molar-refractivity contribution is 0.00537. The minimum Gasteiger partial charge on any atom is -0.475 e. The number of ether oxygens (including phenoxy) is 5. The Bertz CT molecular complexity index is 2240. The third-order valence-electron chi connectivity index (χ3n) is 11.7. The smallest absolute Gasteiger partial charge is 0.410 e. The fraction of sp³-hybridized carbons (Fsp3) is 0.512. The highest BCUT2D eigenvalue weighted by Crippen LogP contribution is 2.47. The van der Waals surface area contributed by atoms with Gasteiger partial charge in [-0.15, -0.1) is 6.42 Å². The molecular formula is C41H44F2N6O6. The second kappa shape index (κ2) is 13.3. The van der Waals surface area contributed by atoms with Gasteiger partial charge in [0, 0.05) is 43.1 Å². The maximum absolute atomic E-state index is 17.5. The van der Waals surface area contributed by atoms with Gasteiger partial charge in [-0.3, -0.25) is 9.80 Å². The number of carbonyl (C=O) groups excluding carboxylic acids is 1. The van der Waals surface area contributed by atoms with Crippen LogP contribution in [0.15, 0.2) is 30.3 Å². The summed E-state index contributed by atoms with van der Waals surface area (Å²) in [4.78, 5) is 34.2. The first kappa shape index (κ1) is 35.7. The molecule has 2 bridgehead atoms. The number of benzene rings is 2. The van der Waals surface area contributed by atoms with Crippen molar-refractivity contribution < 1.29 is 37.3 Å². The van der Waals surface area contributed by atoms with Gasteiger partial charge in [-0.2, -0.15) is 9.97 Å². The SMILES string of the molecule is C#Cc1cccc2cc(OCOC)cc(-c3nc4c5c(nc(OC[C@]67CCCN6C[C@H](F)C7)nc5c3F)N3C[C@H]5CC[C@@H]([C@H]3CO4)N5C(=O)OC(C)(C)C)c12. The Morgan fingerprint density at radius 1 is 1.11 bits per heavy atom. The van der Waals surface area contributed by atoms with Gasteiger partial charge in [-0.05, 0) is 76.6 Å². The number of fused-ring (bicyclic) bond motifs is 7. The molecule has 5 aliphatic heterocycles. The Kier molecular flexibility index (Phi) is 8.65. The molecule has 4 aromatic rings. The van der Waals surface area contributed by atoms with Gasteiger partial charge in [-0.25, -0.2) is 18.6 Å². The maximum Gasteiger partial charge on any atom is 0.410 e. The second-order valence-corrected chi connectivity index (χ2v) is 16.3. The predicted molar refractivity (Wildman–Crippen MR) is 201 cm³/mol. The van der Waals surface area contributed by atoms with E-state index in [-0.39, 0.29) is 67.3 Å². The lowest BCUT2D eigenvalue weighted by atomic mass is 9.95. The Morgan fingerprint density at radius 2 is 1.96 bits per heavy atom. The van der Waals surface area contributed by atoms with E-state index in [0.717, 1.165) is 37.6 Å². The third-order valence-corrected chi connectivity index (χ3v) is 11.7. The molecule has 0 unspecified atom stereocenters. The van der Waals surface area contributed by atoms with Crippen LogP contribution < -0.4 is 19.1 Å². The van der Waals surface area contributed by atoms with E-state index in [9.17, 15) is 9.18 Å². The lowest BCUT2D eigenvalue weighted by Gasteiger charge is -2.46. The molecule has 288 valence electrons. The van der Waals surface area contributed by atoms with Gasteiger partial charge in [0.05, 0.1) is 23.7 Å². The molecule has 0 aliphatic carbocycles. The number of alkyl halides is 1. The monoisotopic (exact) mass is 754 g/mol. The van der Waals surface area contributed by atoms with Gasteiger partial charge < -0.3 is 28.6 Å². The van der Waals surface area contributed by atoms with Crippen LogP contribution in [0, 0.1) is 18.2 Å². The molecule has 2 aromatic carbocycles. The number of piperazine rings is 1. The van der Waals surface area contributed by atoms with Crippen molar-refractivity contribution in [2.45, 2.75) is 88.3 Å². The van der Waals surface area contributed by atoms with Crippen molar-refractivity contribution in [2.24, 2.45) is 0 Å². The first-order valence-corrected chi connectivity index (χ1v) is 19.0. The van der Waals surface area contributed by atoms with Gasteiger partial charge in [0.1, 0.15) is 53.2 Å². The quantitative estimate of drug-likeness (QED) is 0.158. The standard InChI is InChI=1S/C41H44F2N6O6/c1-6-23-9-7-10-24-15-27(54-22-51-5)16-28(31(23)24)34-33(43)35-32-36(46-38(45-35)53-21-41-13-8-14-47(41)18-25(42)17-41)48-19-26-11-12-29(30(48)20-52-37(32)44-34)49(26)39(50)55-40(2,3)4/h1,7,9-10,15-16,25-26,29-30H,8,11-14,17-22H2,2-5H3/t25-,26-,29+,30-,41-/m1/s1. The summed E-state index contributed by atoms with van der Waals surface area (Å²) in [7, 11) is 1.52. The molecular weight excluding hydrogens is 710 g/mol. The predicted octanol–water partition coefficient (Wildman–Crippen LogP) is 6.25. The van der Waals surface area contributed by atoms with Crippen molar-refractivity contribution in [3.8, 4) is 41.2 Å². The van der Waals surface area contributed by atoms with Gasteiger partial charge in [-0.1, -0.05) is 18.1 Å². The van der Waals surface area contributed by atoms with Crippen LogP contribution in [-0.4, -0.2) is 113 Å². The summed E-state index contributed by atoms with van der Waals surface area (Å²) >= 11 is 0. The summed E-state index contributed by atoms with van der Waals surface area (Å²) in [5.74, 6) is 3.01. The average Bonchev–Trinajstić information content (AvgIpc) is 3.76. The van der Waals surface area contributed by atoms with Crippen molar-refractivity contribution in [1.82, 2.24) is 24.8 Å². The number of rotatable bonds is 7. The molecule has 55 heavy (non-hydrogen) atoms. The number of nitrogens with zero attached hydrogens (tertiary/aromatic N) is 6. The first-order valence-electron chi connectivity index (χ1n) is 19.0. The number of aromatic nitrogens is 3. The Morgan fingerprint density at radius 3 is 2.76 bits per heavy atom. The van der Waals surface area contributed by atoms with E-state index in [4.69, 9.17) is 45.1 Å². The number of hydrogen-bond donors (Lipinski definition) is 0. The molecule has 4 fully saturated rings. The highest BCUT2D eigenvalue weighted by atomic mass is 19.1. The van der Waals surface area contributed by atoms with Gasteiger partial charge in [0.15, 0.2) is 12.6 Å². The first-order chi connectivity index (χ1) is 26.5. The normalized spacial score (nSPS) is 25.7. The van der Waals surface area contributed by atoms with Crippen molar-refractivity contribution in [3.63, 3.8) is 0 Å². The average molecular weight is 755 g/mol. The van der Waals surface area contributed by atoms with E-state index in [1.165, 1.54) is 7.11 Å². The molecule has 5 atom stereocenters. The van der Waals surface area contributed by atoms with E-state index in [2.05, 4.69) is 15.7 Å². The Balaban J connectivity index is 1.20. The zero-order valence-corrected chi connectivity index (χ0v) is 31.4. The summed E-state index contributed by atoms with van der Waals surface area (Å²) in [5.41, 5.74) is -0.287. The van der Waals surface area contributed by atoms with E-state index in [1.807, 2.05) is 43.9 Å². The van der Waals surface area contributed by atoms with Crippen molar-refractivity contribution in [2.75, 3.05) is 51.7 Å². The number of anilines is 1. The summed E-state index contributed by atoms with van der Waals surface area (Å²) in [5, 5.41) is 1.63. The number of methoxy groups -OCH3 is 1. The molecule has 5 aliphatic rings. The minimum absolute atomic E-state index is 0.0260. The number of carbonyl (C=O) groups is 1. The van der Waals surface area contributed by atoms with Crippen LogP contribution in [0.2, 0.25) is 0 Å². The molecule has 7 heterocycles. The van der Waals surface area contributed by atoms with Crippen molar-refractivity contribution >= 4 is 33.6 Å². The molecule has 9 rings (SSSR count). The van der Waals surface area contributed by atoms with E-state index >= 15 is 4.39 Å². The number of hydrogen-bond acceptors (Lipinski definition) is 11. The molecule has 0 radical (unpaired) electrons. The molecule has 0 saturated carbocycles. The highest BCUT2D eigenvalue weighted by molar-refractivity contribution is 6.04. The topological polar surface area (TPSA) is 112 Å². The number of amides is 1. The zero-order valence-electron chi connectivity index (χ0n) is 31.4. The van der Waals surface area contributed by atoms with Crippen molar-refractivity contribution in [1.29, 1.82) is 0 Å². The fourth-order valence-corrected chi connectivity index (χ4v) is 9.47. The van der Waals surface area contributed by atoms with Crippen LogP contribution >= 0.6 is 0 Å². The summed E-state index contributed by atoms with van der Waals surface area (Å²) in [6.07, 6.45) is 8.25. The molecule has 4 saturated heterocycles.